The van der Waals surface area contributed by atoms with E-state index in [1.54, 1.807) is 12.1 Å². The van der Waals surface area contributed by atoms with E-state index in [0.29, 0.717) is 12.3 Å². The number of nitrogens with zero attached hydrogens (tertiary/aromatic N) is 2. The van der Waals surface area contributed by atoms with E-state index in [2.05, 4.69) is 5.32 Å². The van der Waals surface area contributed by atoms with Crippen molar-refractivity contribution in [2.75, 3.05) is 37.9 Å². The van der Waals surface area contributed by atoms with Crippen LogP contribution in [0.3, 0.4) is 0 Å². The molecule has 41 heavy (non-hydrogen) atoms. The number of nitrogens with one attached hydrogen (secondary N) is 1. The van der Waals surface area contributed by atoms with Crippen molar-refractivity contribution in [2.24, 2.45) is 0 Å². The van der Waals surface area contributed by atoms with Crippen molar-refractivity contribution in [3.63, 3.8) is 0 Å². The third-order valence-corrected chi connectivity index (χ3v) is 7.88. The highest BCUT2D eigenvalue weighted by Crippen LogP contribution is 2.34. The molecule has 0 aliphatic carbocycles. The highest BCUT2D eigenvalue weighted by Gasteiger charge is 2.34. The lowest BCUT2D eigenvalue weighted by Gasteiger charge is -2.34. The highest BCUT2D eigenvalue weighted by molar-refractivity contribution is 7.92. The van der Waals surface area contributed by atoms with E-state index in [1.165, 1.54) is 25.2 Å². The molecule has 0 saturated heterocycles. The summed E-state index contributed by atoms with van der Waals surface area (Å²) in [7, 11) is -1.06. The van der Waals surface area contributed by atoms with Crippen LogP contribution in [0.2, 0.25) is 0 Å². The third kappa shape index (κ3) is 8.47. The molecule has 10 heteroatoms. The normalized spacial score (nSPS) is 11.8. The van der Waals surface area contributed by atoms with Gasteiger partial charge < -0.3 is 19.7 Å². The fraction of sp³-hybridized carbons (Fsp3) is 0.355. The molecule has 3 aromatic rings. The second kappa shape index (κ2) is 14.5. The molecule has 0 saturated carbocycles. The summed E-state index contributed by atoms with van der Waals surface area (Å²) < 4.78 is 37.9. The van der Waals surface area contributed by atoms with E-state index in [0.717, 1.165) is 33.7 Å². The van der Waals surface area contributed by atoms with Crippen molar-refractivity contribution in [2.45, 2.75) is 39.3 Å². The Labute approximate surface area is 243 Å². The Morgan fingerprint density at radius 1 is 0.951 bits per heavy atom. The van der Waals surface area contributed by atoms with Crippen LogP contribution in [-0.2, 0) is 32.6 Å². The number of ether oxygens (including phenoxy) is 2. The van der Waals surface area contributed by atoms with Crippen molar-refractivity contribution in [3.8, 4) is 11.5 Å². The summed E-state index contributed by atoms with van der Waals surface area (Å²) in [5, 5.41) is 2.94. The molecule has 0 fully saturated rings. The van der Waals surface area contributed by atoms with Gasteiger partial charge in [-0.1, -0.05) is 61.5 Å². The van der Waals surface area contributed by atoms with E-state index in [-0.39, 0.29) is 30.3 Å². The number of hydrogen-bond acceptors (Lipinski definition) is 6. The lowest BCUT2D eigenvalue weighted by molar-refractivity contribution is -0.140. The number of carbonyl (C=O) groups is 2. The van der Waals surface area contributed by atoms with Gasteiger partial charge in [-0.05, 0) is 42.2 Å². The summed E-state index contributed by atoms with van der Waals surface area (Å²) >= 11 is 0. The third-order valence-electron chi connectivity index (χ3n) is 6.76. The van der Waals surface area contributed by atoms with E-state index in [1.807, 2.05) is 68.4 Å². The van der Waals surface area contributed by atoms with Gasteiger partial charge in [-0.2, -0.15) is 0 Å². The molecule has 1 atom stereocenters. The van der Waals surface area contributed by atoms with Gasteiger partial charge in [0.1, 0.15) is 24.1 Å². The molecule has 1 unspecified atom stereocenters. The number of anilines is 1. The molecule has 1 N–H and O–H groups in total. The van der Waals surface area contributed by atoms with E-state index >= 15 is 0 Å². The van der Waals surface area contributed by atoms with Crippen LogP contribution in [0.5, 0.6) is 11.5 Å². The molecule has 0 radical (unpaired) electrons. The zero-order valence-electron chi connectivity index (χ0n) is 24.3. The number of methoxy groups -OCH3 is 2. The number of hydrogen-bond donors (Lipinski definition) is 1. The summed E-state index contributed by atoms with van der Waals surface area (Å²) in [6.07, 6.45) is 2.02. The summed E-state index contributed by atoms with van der Waals surface area (Å²) in [5.41, 5.74) is 2.84. The first-order valence-electron chi connectivity index (χ1n) is 13.4. The molecule has 2 amide bonds. The van der Waals surface area contributed by atoms with Crippen LogP contribution in [0.1, 0.15) is 30.0 Å². The fourth-order valence-corrected chi connectivity index (χ4v) is 5.32. The number of benzene rings is 3. The molecule has 9 nitrogen and oxygen atoms in total. The minimum absolute atomic E-state index is 0.120. The van der Waals surface area contributed by atoms with Crippen molar-refractivity contribution in [3.05, 3.63) is 89.5 Å². The predicted octanol–water partition coefficient (Wildman–Crippen LogP) is 3.94. The van der Waals surface area contributed by atoms with Crippen LogP contribution in [0.15, 0.2) is 72.8 Å². The first-order chi connectivity index (χ1) is 19.6. The molecule has 220 valence electrons. The Hall–Kier alpha value is -4.05. The van der Waals surface area contributed by atoms with E-state index in [9.17, 15) is 18.0 Å². The second-order valence-corrected chi connectivity index (χ2v) is 11.7. The minimum Gasteiger partial charge on any atom is -0.497 e. The molecule has 0 heterocycles. The van der Waals surface area contributed by atoms with Gasteiger partial charge in [0, 0.05) is 25.6 Å². The van der Waals surface area contributed by atoms with Crippen LogP contribution in [0.25, 0.3) is 0 Å². The molecule has 3 rings (SSSR count). The van der Waals surface area contributed by atoms with Gasteiger partial charge in [-0.25, -0.2) is 8.42 Å². The average molecular weight is 582 g/mol. The summed E-state index contributed by atoms with van der Waals surface area (Å²) in [6, 6.07) is 20.9. The Morgan fingerprint density at radius 3 is 2.24 bits per heavy atom. The lowest BCUT2D eigenvalue weighted by Crippen LogP contribution is -2.53. The number of sulfonamides is 1. The Morgan fingerprint density at radius 2 is 1.63 bits per heavy atom. The van der Waals surface area contributed by atoms with Gasteiger partial charge in [0.05, 0.1) is 26.2 Å². The van der Waals surface area contributed by atoms with Crippen LogP contribution in [0.4, 0.5) is 5.69 Å². The predicted molar refractivity (Wildman–Crippen MR) is 161 cm³/mol. The topological polar surface area (TPSA) is 105 Å². The smallest absolute Gasteiger partial charge is 0.244 e. The second-order valence-electron chi connectivity index (χ2n) is 9.75. The van der Waals surface area contributed by atoms with Crippen molar-refractivity contribution < 1.29 is 27.5 Å². The maximum absolute atomic E-state index is 14.2. The van der Waals surface area contributed by atoms with E-state index in [4.69, 9.17) is 9.47 Å². The molecule has 0 aliphatic heterocycles. The van der Waals surface area contributed by atoms with Crippen molar-refractivity contribution in [1.82, 2.24) is 10.2 Å². The first kappa shape index (κ1) is 31.5. The van der Waals surface area contributed by atoms with E-state index < -0.39 is 28.5 Å². The largest absolute Gasteiger partial charge is 0.497 e. The molecule has 0 spiro atoms. The Bertz CT molecular complexity index is 1430. The fourth-order valence-electron chi connectivity index (χ4n) is 4.48. The Balaban J connectivity index is 2.10. The average Bonchev–Trinajstić information content (AvgIpc) is 2.96. The Kier molecular flexibility index (Phi) is 11.2. The van der Waals surface area contributed by atoms with Crippen LogP contribution in [-0.4, -0.2) is 64.7 Å². The van der Waals surface area contributed by atoms with Crippen molar-refractivity contribution >= 4 is 27.5 Å². The minimum atomic E-state index is -3.95. The molecule has 3 aromatic carbocycles. The van der Waals surface area contributed by atoms with Gasteiger partial charge >= 0.3 is 0 Å². The standard InChI is InChI=1S/C31H39N3O6S/c1-6-18-32-31(36)28(19-24-13-8-7-9-14-24)33(21-25-15-11-10-12-23(25)2)30(35)22-34(41(5,37)38)27-20-26(39-3)16-17-29(27)40-4/h7-17,20,28H,6,18-19,21-22H2,1-5H3,(H,32,36). The molecular weight excluding hydrogens is 542 g/mol. The zero-order chi connectivity index (χ0) is 30.0. The molecule has 0 bridgehead atoms. The van der Waals surface area contributed by atoms with Gasteiger partial charge in [0.25, 0.3) is 0 Å². The zero-order valence-corrected chi connectivity index (χ0v) is 25.1. The number of rotatable bonds is 14. The summed E-state index contributed by atoms with van der Waals surface area (Å²) in [6.45, 7) is 3.92. The van der Waals surface area contributed by atoms with Gasteiger partial charge in [0.2, 0.25) is 21.8 Å². The van der Waals surface area contributed by atoms with Crippen LogP contribution < -0.4 is 19.1 Å². The highest BCUT2D eigenvalue weighted by atomic mass is 32.2. The quantitative estimate of drug-likeness (QED) is 0.309. The van der Waals surface area contributed by atoms with Gasteiger partial charge in [-0.3, -0.25) is 13.9 Å². The van der Waals surface area contributed by atoms with Crippen LogP contribution in [0, 0.1) is 6.92 Å². The number of carbonyl (C=O) groups excluding carboxylic acids is 2. The summed E-state index contributed by atoms with van der Waals surface area (Å²) in [5.74, 6) is -0.172. The summed E-state index contributed by atoms with van der Waals surface area (Å²) in [4.78, 5) is 29.3. The molecular formula is C31H39N3O6S. The van der Waals surface area contributed by atoms with Crippen LogP contribution >= 0.6 is 0 Å². The van der Waals surface area contributed by atoms with Gasteiger partial charge in [-0.15, -0.1) is 0 Å². The maximum Gasteiger partial charge on any atom is 0.244 e. The number of amides is 2. The number of aryl methyl sites for hydroxylation is 1. The van der Waals surface area contributed by atoms with Gasteiger partial charge in [0.15, 0.2) is 0 Å². The lowest BCUT2D eigenvalue weighted by atomic mass is 10.0. The first-order valence-corrected chi connectivity index (χ1v) is 15.3. The van der Waals surface area contributed by atoms with Crippen molar-refractivity contribution in [1.29, 1.82) is 0 Å². The monoisotopic (exact) mass is 581 g/mol. The molecule has 0 aromatic heterocycles. The SMILES string of the molecule is CCCNC(=O)C(Cc1ccccc1)N(Cc1ccccc1C)C(=O)CN(c1cc(OC)ccc1OC)S(C)(=O)=O. The maximum atomic E-state index is 14.2. The molecule has 0 aliphatic rings.